The molecule has 1 aromatic rings. The minimum absolute atomic E-state index is 0.0438. The predicted octanol–water partition coefficient (Wildman–Crippen LogP) is 5.15. The topological polar surface area (TPSA) is 110 Å². The Morgan fingerprint density at radius 1 is 0.917 bits per heavy atom. The molecule has 1 aromatic carbocycles. The van der Waals surface area contributed by atoms with Crippen molar-refractivity contribution in [2.75, 3.05) is 26.2 Å². The van der Waals surface area contributed by atoms with E-state index in [1.807, 2.05) is 4.90 Å². The van der Waals surface area contributed by atoms with Gasteiger partial charge in [0.2, 0.25) is 5.91 Å². The predicted molar refractivity (Wildman–Crippen MR) is 142 cm³/mol. The molecule has 3 rings (SSSR count). The Hall–Kier alpha value is -2.48. The summed E-state index contributed by atoms with van der Waals surface area (Å²) in [7, 11) is 0. The lowest BCUT2D eigenvalue weighted by Crippen LogP contribution is -2.68. The maximum absolute atomic E-state index is 14.2. The van der Waals surface area contributed by atoms with Gasteiger partial charge in [-0.25, -0.2) is 0 Å². The quantitative estimate of drug-likeness (QED) is 0.315. The van der Waals surface area contributed by atoms with Gasteiger partial charge in [-0.05, 0) is 75.7 Å². The number of nitro groups is 1. The van der Waals surface area contributed by atoms with Crippen LogP contribution in [0.25, 0.3) is 0 Å². The number of nitrogens with two attached hydrogens (primary N) is 1. The van der Waals surface area contributed by atoms with Gasteiger partial charge in [0.1, 0.15) is 5.54 Å². The molecule has 2 saturated carbocycles. The number of benzene rings is 1. The van der Waals surface area contributed by atoms with Gasteiger partial charge in [0.05, 0.1) is 4.92 Å². The summed E-state index contributed by atoms with van der Waals surface area (Å²) in [6.45, 7) is 7.39. The van der Waals surface area contributed by atoms with Gasteiger partial charge in [0, 0.05) is 24.2 Å². The van der Waals surface area contributed by atoms with Gasteiger partial charge < -0.3 is 15.5 Å². The normalized spacial score (nSPS) is 17.8. The highest BCUT2D eigenvalue weighted by Gasteiger charge is 2.55. The number of carbonyl (C=O) groups excluding carboxylic acids is 2. The number of non-ortho nitro benzene ring substituents is 1. The van der Waals surface area contributed by atoms with Gasteiger partial charge in [-0.15, -0.1) is 0 Å². The average Bonchev–Trinajstić information content (AvgIpc) is 2.91. The molecule has 0 aromatic heterocycles. The third-order valence-electron chi connectivity index (χ3n) is 8.62. The number of hydrogen-bond acceptors (Lipinski definition) is 5. The minimum Gasteiger partial charge on any atom is -0.368 e. The summed E-state index contributed by atoms with van der Waals surface area (Å²) in [5.41, 5.74) is 5.66. The van der Waals surface area contributed by atoms with Crippen molar-refractivity contribution in [1.82, 2.24) is 9.80 Å². The number of nitrogens with zero attached hydrogens (tertiary/aromatic N) is 3. The first kappa shape index (κ1) is 28.1. The van der Waals surface area contributed by atoms with E-state index in [1.54, 1.807) is 0 Å². The van der Waals surface area contributed by atoms with Crippen molar-refractivity contribution in [2.45, 2.75) is 90.0 Å². The lowest BCUT2D eigenvalue weighted by Gasteiger charge is -2.53. The smallest absolute Gasteiger partial charge is 0.269 e. The summed E-state index contributed by atoms with van der Waals surface area (Å²) in [6.07, 6.45) is 10.8. The number of amides is 2. The summed E-state index contributed by atoms with van der Waals surface area (Å²) >= 11 is 0. The maximum Gasteiger partial charge on any atom is 0.269 e. The second-order valence-electron chi connectivity index (χ2n) is 10.5. The number of nitro benzene ring substituents is 1. The maximum atomic E-state index is 14.2. The Morgan fingerprint density at radius 3 is 1.83 bits per heavy atom. The van der Waals surface area contributed by atoms with E-state index in [4.69, 9.17) is 5.73 Å². The molecule has 0 aliphatic heterocycles. The van der Waals surface area contributed by atoms with Gasteiger partial charge in [-0.2, -0.15) is 0 Å². The lowest BCUT2D eigenvalue weighted by atomic mass is 9.62. The second kappa shape index (κ2) is 13.2. The summed E-state index contributed by atoms with van der Waals surface area (Å²) in [5, 5.41) is 11.2. The molecule has 200 valence electrons. The van der Waals surface area contributed by atoms with E-state index in [0.29, 0.717) is 12.1 Å². The van der Waals surface area contributed by atoms with Crippen molar-refractivity contribution in [1.29, 1.82) is 0 Å². The van der Waals surface area contributed by atoms with Gasteiger partial charge in [-0.3, -0.25) is 19.7 Å². The first-order chi connectivity index (χ1) is 17.4. The summed E-state index contributed by atoms with van der Waals surface area (Å²) in [6, 6.07) is 5.78. The van der Waals surface area contributed by atoms with Crippen LogP contribution >= 0.6 is 0 Å². The molecule has 0 bridgehead atoms. The van der Waals surface area contributed by atoms with Crippen molar-refractivity contribution in [2.24, 2.45) is 17.6 Å². The third-order valence-corrected chi connectivity index (χ3v) is 8.62. The van der Waals surface area contributed by atoms with E-state index >= 15 is 0 Å². The van der Waals surface area contributed by atoms with Crippen molar-refractivity contribution < 1.29 is 14.5 Å². The Labute approximate surface area is 215 Å². The van der Waals surface area contributed by atoms with Crippen LogP contribution < -0.4 is 5.73 Å². The fourth-order valence-corrected chi connectivity index (χ4v) is 6.72. The van der Waals surface area contributed by atoms with Gasteiger partial charge >= 0.3 is 0 Å². The molecule has 2 aliphatic carbocycles. The zero-order chi connectivity index (χ0) is 26.1. The number of primary amides is 1. The Bertz CT molecular complexity index is 854. The van der Waals surface area contributed by atoms with Crippen LogP contribution in [0.3, 0.4) is 0 Å². The van der Waals surface area contributed by atoms with E-state index in [2.05, 4.69) is 18.7 Å². The summed E-state index contributed by atoms with van der Waals surface area (Å²) in [5.74, 6) is -0.525. The van der Waals surface area contributed by atoms with Crippen LogP contribution in [0.15, 0.2) is 24.3 Å². The van der Waals surface area contributed by atoms with Crippen LogP contribution in [-0.2, 0) is 4.79 Å². The van der Waals surface area contributed by atoms with Crippen molar-refractivity contribution in [3.63, 3.8) is 0 Å². The van der Waals surface area contributed by atoms with E-state index in [9.17, 15) is 19.7 Å². The highest BCUT2D eigenvalue weighted by molar-refractivity contribution is 5.99. The molecule has 8 heteroatoms. The molecule has 0 unspecified atom stereocenters. The molecule has 0 spiro atoms. The van der Waals surface area contributed by atoms with Crippen molar-refractivity contribution >= 4 is 17.5 Å². The van der Waals surface area contributed by atoms with Gasteiger partial charge in [-0.1, -0.05) is 52.4 Å². The summed E-state index contributed by atoms with van der Waals surface area (Å²) < 4.78 is 0. The van der Waals surface area contributed by atoms with E-state index < -0.39 is 10.5 Å². The molecule has 8 nitrogen and oxygen atoms in total. The molecule has 2 aliphatic rings. The van der Waals surface area contributed by atoms with E-state index in [-0.39, 0.29) is 29.3 Å². The largest absolute Gasteiger partial charge is 0.368 e. The van der Waals surface area contributed by atoms with Gasteiger partial charge in [0.15, 0.2) is 0 Å². The van der Waals surface area contributed by atoms with Crippen LogP contribution in [0, 0.1) is 22.0 Å². The van der Waals surface area contributed by atoms with E-state index in [1.165, 1.54) is 24.3 Å². The molecule has 0 heterocycles. The molecule has 2 N–H and O–H groups in total. The van der Waals surface area contributed by atoms with Crippen LogP contribution in [0.1, 0.15) is 94.8 Å². The first-order valence-corrected chi connectivity index (χ1v) is 13.9. The van der Waals surface area contributed by atoms with Crippen LogP contribution in [0.2, 0.25) is 0 Å². The molecule has 2 fully saturated rings. The fourth-order valence-electron chi connectivity index (χ4n) is 6.72. The third kappa shape index (κ3) is 6.07. The zero-order valence-corrected chi connectivity index (χ0v) is 22.1. The monoisotopic (exact) mass is 500 g/mol. The average molecular weight is 501 g/mol. The highest BCUT2D eigenvalue weighted by Crippen LogP contribution is 2.47. The number of hydrogen-bond donors (Lipinski definition) is 1. The standard InChI is InChI=1S/C28H44N4O4/c1-3-30(4-2)20-11-21-31(26(33)22-16-18-25(19-17-22)32(35)36)28(27(29)34,23-12-7-5-8-13-23)24-14-9-6-10-15-24/h16-19,23-24H,3-15,20-21H2,1-2H3,(H2,29,34). The number of rotatable bonds is 12. The molecule has 0 atom stereocenters. The molecule has 2 amide bonds. The zero-order valence-electron chi connectivity index (χ0n) is 22.1. The summed E-state index contributed by atoms with van der Waals surface area (Å²) in [4.78, 5) is 42.8. The molecule has 36 heavy (non-hydrogen) atoms. The minimum atomic E-state index is -1.02. The van der Waals surface area contributed by atoms with Crippen LogP contribution in [0.5, 0.6) is 0 Å². The Kier molecular flexibility index (Phi) is 10.3. The van der Waals surface area contributed by atoms with Gasteiger partial charge in [0.25, 0.3) is 11.6 Å². The Morgan fingerprint density at radius 2 is 1.42 bits per heavy atom. The lowest BCUT2D eigenvalue weighted by molar-refractivity contribution is -0.384. The Balaban J connectivity index is 2.06. The SMILES string of the molecule is CCN(CC)CCCN(C(=O)c1ccc([N+](=O)[O-])cc1)C(C(N)=O)(C1CCCCC1)C1CCCCC1. The molecule has 0 radical (unpaired) electrons. The highest BCUT2D eigenvalue weighted by atomic mass is 16.6. The fraction of sp³-hybridized carbons (Fsp3) is 0.714. The first-order valence-electron chi connectivity index (χ1n) is 13.9. The van der Waals surface area contributed by atoms with Crippen molar-refractivity contribution in [3.8, 4) is 0 Å². The van der Waals surface area contributed by atoms with Crippen LogP contribution in [-0.4, -0.2) is 58.3 Å². The molecular weight excluding hydrogens is 456 g/mol. The molecule has 0 saturated heterocycles. The van der Waals surface area contributed by atoms with Crippen LogP contribution in [0.4, 0.5) is 5.69 Å². The number of carbonyl (C=O) groups is 2. The molecular formula is C28H44N4O4. The van der Waals surface area contributed by atoms with E-state index in [0.717, 1.165) is 90.3 Å². The van der Waals surface area contributed by atoms with Crippen molar-refractivity contribution in [3.05, 3.63) is 39.9 Å². The second-order valence-corrected chi connectivity index (χ2v) is 10.5.